The van der Waals surface area contributed by atoms with Crippen LogP contribution < -0.4 is 5.32 Å². The first-order chi connectivity index (χ1) is 11.5. The molecule has 2 aromatic rings. The van der Waals surface area contributed by atoms with Crippen LogP contribution in [0.2, 0.25) is 5.02 Å². The van der Waals surface area contributed by atoms with Crippen molar-refractivity contribution in [3.8, 4) is 0 Å². The molecule has 0 spiro atoms. The number of hydrogen-bond donors (Lipinski definition) is 1. The molecule has 0 aliphatic carbocycles. The summed E-state index contributed by atoms with van der Waals surface area (Å²) in [6.45, 7) is 2.65. The van der Waals surface area contributed by atoms with Crippen LogP contribution in [0.4, 0.5) is 0 Å². The lowest BCUT2D eigenvalue weighted by molar-refractivity contribution is -0.130. The number of aromatic nitrogens is 1. The van der Waals surface area contributed by atoms with Gasteiger partial charge in [0.15, 0.2) is 0 Å². The highest BCUT2D eigenvalue weighted by Crippen LogP contribution is 2.09. The Hall–Kier alpha value is -2.34. The molecule has 6 nitrogen and oxygen atoms in total. The summed E-state index contributed by atoms with van der Waals surface area (Å²) in [5, 5.41) is 7.23. The molecule has 7 heteroatoms. The van der Waals surface area contributed by atoms with Gasteiger partial charge in [-0.05, 0) is 37.6 Å². The first kappa shape index (κ1) is 18.0. The largest absolute Gasteiger partial charge is 0.361 e. The molecule has 0 atom stereocenters. The number of amides is 2. The third-order valence-electron chi connectivity index (χ3n) is 3.46. The highest BCUT2D eigenvalue weighted by atomic mass is 35.5. The molecule has 1 aromatic heterocycles. The highest BCUT2D eigenvalue weighted by molar-refractivity contribution is 6.30. The van der Waals surface area contributed by atoms with Crippen molar-refractivity contribution in [1.29, 1.82) is 0 Å². The van der Waals surface area contributed by atoms with Gasteiger partial charge in [-0.1, -0.05) is 16.8 Å². The molecule has 0 fully saturated rings. The molecule has 0 aliphatic rings. The number of carbonyl (C=O) groups excluding carboxylic acids is 2. The molecule has 0 aliphatic heterocycles. The second-order valence-corrected chi connectivity index (χ2v) is 5.98. The van der Waals surface area contributed by atoms with Gasteiger partial charge in [0.2, 0.25) is 5.91 Å². The molecule has 0 unspecified atom stereocenters. The van der Waals surface area contributed by atoms with Gasteiger partial charge in [0.05, 0.1) is 6.54 Å². The molecule has 1 aromatic carbocycles. The van der Waals surface area contributed by atoms with Gasteiger partial charge in [-0.15, -0.1) is 0 Å². The molecule has 1 heterocycles. The van der Waals surface area contributed by atoms with E-state index in [0.717, 1.165) is 11.5 Å². The summed E-state index contributed by atoms with van der Waals surface area (Å²) < 4.78 is 4.98. The summed E-state index contributed by atoms with van der Waals surface area (Å²) in [7, 11) is 1.72. The van der Waals surface area contributed by atoms with Crippen LogP contribution in [0.1, 0.15) is 34.7 Å². The second-order valence-electron chi connectivity index (χ2n) is 5.55. The zero-order valence-electron chi connectivity index (χ0n) is 13.7. The van der Waals surface area contributed by atoms with Crippen LogP contribution >= 0.6 is 11.6 Å². The zero-order chi connectivity index (χ0) is 17.5. The summed E-state index contributed by atoms with van der Waals surface area (Å²) in [5.74, 6) is 0.540. The van der Waals surface area contributed by atoms with E-state index in [1.54, 1.807) is 42.3 Å². The molecule has 0 bridgehead atoms. The Bertz CT molecular complexity index is 697. The zero-order valence-corrected chi connectivity index (χ0v) is 14.5. The first-order valence-electron chi connectivity index (χ1n) is 7.65. The monoisotopic (exact) mass is 349 g/mol. The van der Waals surface area contributed by atoms with E-state index in [2.05, 4.69) is 10.5 Å². The maximum Gasteiger partial charge on any atom is 0.251 e. The van der Waals surface area contributed by atoms with Gasteiger partial charge < -0.3 is 14.7 Å². The van der Waals surface area contributed by atoms with Gasteiger partial charge in [0, 0.05) is 36.7 Å². The third-order valence-corrected chi connectivity index (χ3v) is 3.71. The SMILES string of the molecule is Cc1cc(CN(C)C(=O)CCCNC(=O)c2ccc(Cl)cc2)no1. The molecule has 2 amide bonds. The number of nitrogens with one attached hydrogen (secondary N) is 1. The minimum Gasteiger partial charge on any atom is -0.361 e. The van der Waals surface area contributed by atoms with E-state index in [0.29, 0.717) is 36.5 Å². The molecule has 24 heavy (non-hydrogen) atoms. The molecule has 0 radical (unpaired) electrons. The van der Waals surface area contributed by atoms with Gasteiger partial charge in [-0.25, -0.2) is 0 Å². The number of halogens is 1. The van der Waals surface area contributed by atoms with Crippen molar-refractivity contribution in [3.63, 3.8) is 0 Å². The average molecular weight is 350 g/mol. The highest BCUT2D eigenvalue weighted by Gasteiger charge is 2.12. The summed E-state index contributed by atoms with van der Waals surface area (Å²) in [4.78, 5) is 25.6. The van der Waals surface area contributed by atoms with Gasteiger partial charge in [-0.2, -0.15) is 0 Å². The van der Waals surface area contributed by atoms with Crippen molar-refractivity contribution in [3.05, 3.63) is 52.4 Å². The van der Waals surface area contributed by atoms with Crippen molar-refractivity contribution in [2.24, 2.45) is 0 Å². The third kappa shape index (κ3) is 5.38. The standard InChI is InChI=1S/C17H20ClN3O3/c1-12-10-15(20-24-12)11-21(2)16(22)4-3-9-19-17(23)13-5-7-14(18)8-6-13/h5-8,10H,3-4,9,11H2,1-2H3,(H,19,23). The molecule has 128 valence electrons. The van der Waals surface area contributed by atoms with Crippen molar-refractivity contribution in [2.75, 3.05) is 13.6 Å². The lowest BCUT2D eigenvalue weighted by Gasteiger charge is -2.15. The molecular formula is C17H20ClN3O3. The fourth-order valence-electron chi connectivity index (χ4n) is 2.16. The summed E-state index contributed by atoms with van der Waals surface area (Å²) in [6, 6.07) is 8.46. The van der Waals surface area contributed by atoms with Crippen molar-refractivity contribution in [1.82, 2.24) is 15.4 Å². The van der Waals surface area contributed by atoms with Gasteiger partial charge in [0.25, 0.3) is 5.91 Å². The van der Waals surface area contributed by atoms with Crippen LogP contribution in [0.25, 0.3) is 0 Å². The quantitative estimate of drug-likeness (QED) is 0.780. The maximum absolute atomic E-state index is 12.0. The Kier molecular flexibility index (Phi) is 6.37. The molecule has 0 saturated carbocycles. The van der Waals surface area contributed by atoms with Crippen LogP contribution in [-0.2, 0) is 11.3 Å². The van der Waals surface area contributed by atoms with E-state index < -0.39 is 0 Å². The van der Waals surface area contributed by atoms with E-state index in [1.807, 2.05) is 6.92 Å². The number of hydrogen-bond acceptors (Lipinski definition) is 4. The molecular weight excluding hydrogens is 330 g/mol. The molecule has 2 rings (SSSR count). The van der Waals surface area contributed by atoms with E-state index in [-0.39, 0.29) is 11.8 Å². The first-order valence-corrected chi connectivity index (χ1v) is 8.03. The maximum atomic E-state index is 12.0. The van der Waals surface area contributed by atoms with E-state index in [4.69, 9.17) is 16.1 Å². The van der Waals surface area contributed by atoms with Crippen LogP contribution in [0.3, 0.4) is 0 Å². The fraction of sp³-hybridized carbons (Fsp3) is 0.353. The van der Waals surface area contributed by atoms with Crippen molar-refractivity contribution < 1.29 is 14.1 Å². The van der Waals surface area contributed by atoms with Crippen molar-refractivity contribution >= 4 is 23.4 Å². The summed E-state index contributed by atoms with van der Waals surface area (Å²) in [6.07, 6.45) is 0.925. The summed E-state index contributed by atoms with van der Waals surface area (Å²) >= 11 is 5.78. The lowest BCUT2D eigenvalue weighted by Crippen LogP contribution is -2.28. The number of aryl methyl sites for hydroxylation is 1. The Balaban J connectivity index is 1.68. The van der Waals surface area contributed by atoms with E-state index >= 15 is 0 Å². The molecule has 1 N–H and O–H groups in total. The Labute approximate surface area is 145 Å². The van der Waals surface area contributed by atoms with Gasteiger partial charge in [0.1, 0.15) is 11.5 Å². The van der Waals surface area contributed by atoms with Crippen LogP contribution in [0.5, 0.6) is 0 Å². The number of rotatable bonds is 7. The predicted molar refractivity (Wildman–Crippen MR) is 90.7 cm³/mol. The van der Waals surface area contributed by atoms with Crippen LogP contribution in [-0.4, -0.2) is 35.5 Å². The predicted octanol–water partition coefficient (Wildman–Crippen LogP) is 2.81. The van der Waals surface area contributed by atoms with E-state index in [1.165, 1.54) is 0 Å². The minimum absolute atomic E-state index is 0.00334. The fourth-order valence-corrected chi connectivity index (χ4v) is 2.29. The summed E-state index contributed by atoms with van der Waals surface area (Å²) in [5.41, 5.74) is 1.27. The lowest BCUT2D eigenvalue weighted by atomic mass is 10.2. The second kappa shape index (κ2) is 8.49. The average Bonchev–Trinajstić information content (AvgIpc) is 2.96. The smallest absolute Gasteiger partial charge is 0.251 e. The minimum atomic E-state index is -0.175. The number of carbonyl (C=O) groups is 2. The van der Waals surface area contributed by atoms with Gasteiger partial charge >= 0.3 is 0 Å². The van der Waals surface area contributed by atoms with E-state index in [9.17, 15) is 9.59 Å². The topological polar surface area (TPSA) is 75.4 Å². The van der Waals surface area contributed by atoms with Crippen LogP contribution in [0.15, 0.2) is 34.9 Å². The number of nitrogens with zero attached hydrogens (tertiary/aromatic N) is 2. The Morgan fingerprint density at radius 1 is 1.29 bits per heavy atom. The normalized spacial score (nSPS) is 10.5. The molecule has 0 saturated heterocycles. The van der Waals surface area contributed by atoms with Crippen molar-refractivity contribution in [2.45, 2.75) is 26.3 Å². The van der Waals surface area contributed by atoms with Crippen LogP contribution in [0, 0.1) is 6.92 Å². The van der Waals surface area contributed by atoms with Gasteiger partial charge in [-0.3, -0.25) is 9.59 Å². The Morgan fingerprint density at radius 3 is 2.62 bits per heavy atom. The Morgan fingerprint density at radius 2 is 2.00 bits per heavy atom. The number of benzene rings is 1.